The van der Waals surface area contributed by atoms with Crippen LogP contribution in [0.15, 0.2) is 65.8 Å². The van der Waals surface area contributed by atoms with Crippen LogP contribution in [-0.4, -0.2) is 29.5 Å². The van der Waals surface area contributed by atoms with Crippen molar-refractivity contribution >= 4 is 46.7 Å². The normalized spacial score (nSPS) is 11.1. The molecule has 154 valence electrons. The zero-order valence-corrected chi connectivity index (χ0v) is 18.9. The van der Waals surface area contributed by atoms with Crippen molar-refractivity contribution in [2.45, 2.75) is 26.4 Å². The Labute approximate surface area is 188 Å². The molecule has 0 saturated heterocycles. The monoisotopic (exact) mass is 505 g/mol. The van der Waals surface area contributed by atoms with Crippen molar-refractivity contribution in [1.82, 2.24) is 15.2 Å². The highest BCUT2D eigenvalue weighted by atomic mass is 127. The molecule has 0 fully saturated rings. The maximum Gasteiger partial charge on any atom is 0.248 e. The molecule has 0 saturated carbocycles. The maximum absolute atomic E-state index is 11.3. The fraction of sp³-hybridized carbons (Fsp3) is 0.273. The second-order valence-corrected chi connectivity index (χ2v) is 6.61. The largest absolute Gasteiger partial charge is 0.366 e. The lowest BCUT2D eigenvalue weighted by atomic mass is 10.1. The molecule has 1 heterocycles. The summed E-state index contributed by atoms with van der Waals surface area (Å²) in [5, 5.41) is 7.89. The smallest absolute Gasteiger partial charge is 0.248 e. The number of halogens is 1. The molecule has 1 aromatic heterocycles. The lowest BCUT2D eigenvalue weighted by molar-refractivity contribution is 0.1000. The summed E-state index contributed by atoms with van der Waals surface area (Å²) in [5.74, 6) is 0.345. The summed E-state index contributed by atoms with van der Waals surface area (Å²) in [6, 6.07) is 17.8. The van der Waals surface area contributed by atoms with Crippen LogP contribution in [0.3, 0.4) is 0 Å². The third kappa shape index (κ3) is 6.49. The zero-order chi connectivity index (χ0) is 19.8. The lowest BCUT2D eigenvalue weighted by Gasteiger charge is -2.12. The van der Waals surface area contributed by atoms with Crippen molar-refractivity contribution in [1.29, 1.82) is 0 Å². The number of aliphatic imine (C=N–C) groups is 1. The molecule has 0 aliphatic heterocycles. The number of nitrogens with two attached hydrogens (primary N) is 1. The topological polar surface area (TPSA) is 84.4 Å². The number of aryl methyl sites for hydroxylation is 1. The van der Waals surface area contributed by atoms with E-state index in [-0.39, 0.29) is 24.0 Å². The van der Waals surface area contributed by atoms with Crippen molar-refractivity contribution in [2.24, 2.45) is 10.7 Å². The van der Waals surface area contributed by atoms with Gasteiger partial charge in [0.25, 0.3) is 0 Å². The van der Waals surface area contributed by atoms with Gasteiger partial charge in [0, 0.05) is 36.9 Å². The lowest BCUT2D eigenvalue weighted by Crippen LogP contribution is -2.38. The molecule has 0 unspecified atom stereocenters. The highest BCUT2D eigenvalue weighted by molar-refractivity contribution is 14.0. The number of guanidine groups is 1. The van der Waals surface area contributed by atoms with Crippen molar-refractivity contribution in [3.8, 4) is 0 Å². The third-order valence-electron chi connectivity index (χ3n) is 4.52. The molecular weight excluding hydrogens is 477 g/mol. The molecule has 29 heavy (non-hydrogen) atoms. The summed E-state index contributed by atoms with van der Waals surface area (Å²) in [6.07, 6.45) is 3.12. The van der Waals surface area contributed by atoms with Crippen LogP contribution in [-0.2, 0) is 13.1 Å². The average molecular weight is 505 g/mol. The number of nitrogens with one attached hydrogen (secondary N) is 2. The highest BCUT2D eigenvalue weighted by Crippen LogP contribution is 2.15. The minimum Gasteiger partial charge on any atom is -0.366 e. The van der Waals surface area contributed by atoms with E-state index in [1.165, 1.54) is 10.9 Å². The first kappa shape index (κ1) is 22.7. The molecule has 0 aliphatic carbocycles. The Balaban J connectivity index is 0.00000300. The van der Waals surface area contributed by atoms with E-state index in [1.54, 1.807) is 12.1 Å². The number of nitrogens with zero attached hydrogens (tertiary/aromatic N) is 2. The zero-order valence-electron chi connectivity index (χ0n) is 16.6. The Hall–Kier alpha value is -2.55. The van der Waals surface area contributed by atoms with Gasteiger partial charge < -0.3 is 20.9 Å². The van der Waals surface area contributed by atoms with Crippen LogP contribution < -0.4 is 16.4 Å². The number of carbonyl (C=O) groups excluding carboxylic acids is 1. The first-order valence-corrected chi connectivity index (χ1v) is 9.62. The molecule has 2 aromatic carbocycles. The molecule has 0 aliphatic rings. The van der Waals surface area contributed by atoms with Gasteiger partial charge >= 0.3 is 0 Å². The average Bonchev–Trinajstić information content (AvgIpc) is 3.12. The van der Waals surface area contributed by atoms with Crippen LogP contribution in [0.1, 0.15) is 29.3 Å². The van der Waals surface area contributed by atoms with Crippen LogP contribution in [0.2, 0.25) is 0 Å². The van der Waals surface area contributed by atoms with E-state index in [2.05, 4.69) is 56.7 Å². The number of benzene rings is 2. The number of para-hydroxylation sites is 1. The molecule has 0 atom stereocenters. The number of amides is 1. The Bertz CT molecular complexity index is 967. The predicted molar refractivity (Wildman–Crippen MR) is 130 cm³/mol. The van der Waals surface area contributed by atoms with E-state index in [0.717, 1.165) is 37.6 Å². The summed E-state index contributed by atoms with van der Waals surface area (Å²) in [6.45, 7) is 5.07. The van der Waals surface area contributed by atoms with E-state index in [4.69, 9.17) is 5.73 Å². The van der Waals surface area contributed by atoms with E-state index in [0.29, 0.717) is 12.1 Å². The van der Waals surface area contributed by atoms with Gasteiger partial charge in [-0.25, -0.2) is 4.99 Å². The number of carbonyl (C=O) groups is 1. The van der Waals surface area contributed by atoms with Crippen LogP contribution in [0.4, 0.5) is 0 Å². The molecule has 0 spiro atoms. The first-order chi connectivity index (χ1) is 13.7. The standard InChI is InChI=1S/C22H27N5O.HI/c1-2-24-22(26-16-17-7-5-9-19(15-17)21(23)28)25-12-6-13-27-14-11-18-8-3-4-10-20(18)27;/h3-5,7-11,14-15H,2,6,12-13,16H2,1H3,(H2,23,28)(H2,24,25,26);1H. The van der Waals surface area contributed by atoms with E-state index in [1.807, 2.05) is 19.1 Å². The number of aromatic nitrogens is 1. The van der Waals surface area contributed by atoms with Crippen molar-refractivity contribution in [2.75, 3.05) is 13.1 Å². The molecular formula is C22H28IN5O. The molecule has 0 bridgehead atoms. The van der Waals surface area contributed by atoms with Crippen LogP contribution >= 0.6 is 24.0 Å². The fourth-order valence-electron chi connectivity index (χ4n) is 3.13. The Kier molecular flexibility index (Phi) is 8.98. The Morgan fingerprint density at radius 3 is 2.72 bits per heavy atom. The molecule has 0 radical (unpaired) electrons. The molecule has 1 amide bonds. The molecule has 3 rings (SSSR count). The second-order valence-electron chi connectivity index (χ2n) is 6.61. The summed E-state index contributed by atoms with van der Waals surface area (Å²) < 4.78 is 2.27. The molecule has 4 N–H and O–H groups in total. The van der Waals surface area contributed by atoms with E-state index < -0.39 is 5.91 Å². The van der Waals surface area contributed by atoms with Gasteiger partial charge in [-0.1, -0.05) is 30.3 Å². The van der Waals surface area contributed by atoms with E-state index >= 15 is 0 Å². The van der Waals surface area contributed by atoms with Gasteiger partial charge in [0.15, 0.2) is 5.96 Å². The van der Waals surface area contributed by atoms with Crippen molar-refractivity contribution in [3.63, 3.8) is 0 Å². The quantitative estimate of drug-likeness (QED) is 0.190. The second kappa shape index (κ2) is 11.5. The van der Waals surface area contributed by atoms with Crippen molar-refractivity contribution in [3.05, 3.63) is 71.9 Å². The number of rotatable bonds is 8. The number of fused-ring (bicyclic) bond motifs is 1. The first-order valence-electron chi connectivity index (χ1n) is 9.62. The number of hydrogen-bond acceptors (Lipinski definition) is 2. The van der Waals surface area contributed by atoms with Gasteiger partial charge in [0.05, 0.1) is 6.54 Å². The predicted octanol–water partition coefficient (Wildman–Crippen LogP) is 3.50. The molecule has 6 nitrogen and oxygen atoms in total. The van der Waals surface area contributed by atoms with Gasteiger partial charge in [-0.15, -0.1) is 24.0 Å². The highest BCUT2D eigenvalue weighted by Gasteiger charge is 2.03. The minimum absolute atomic E-state index is 0. The van der Waals surface area contributed by atoms with Crippen LogP contribution in [0, 0.1) is 0 Å². The Morgan fingerprint density at radius 1 is 1.10 bits per heavy atom. The van der Waals surface area contributed by atoms with Gasteiger partial charge in [-0.3, -0.25) is 4.79 Å². The fourth-order valence-corrected chi connectivity index (χ4v) is 3.13. The maximum atomic E-state index is 11.3. The number of primary amides is 1. The van der Waals surface area contributed by atoms with Crippen LogP contribution in [0.25, 0.3) is 10.9 Å². The summed E-state index contributed by atoms with van der Waals surface area (Å²) in [7, 11) is 0. The summed E-state index contributed by atoms with van der Waals surface area (Å²) in [4.78, 5) is 15.9. The summed E-state index contributed by atoms with van der Waals surface area (Å²) in [5.41, 5.74) is 8.06. The van der Waals surface area contributed by atoms with Crippen LogP contribution in [0.5, 0.6) is 0 Å². The number of hydrogen-bond donors (Lipinski definition) is 3. The minimum atomic E-state index is -0.423. The van der Waals surface area contributed by atoms with E-state index in [9.17, 15) is 4.79 Å². The SMILES string of the molecule is CCNC(=NCc1cccc(C(N)=O)c1)NCCCn1ccc2ccccc21.I. The van der Waals surface area contributed by atoms with Crippen molar-refractivity contribution < 1.29 is 4.79 Å². The van der Waals surface area contributed by atoms with Gasteiger partial charge in [0.2, 0.25) is 5.91 Å². The molecule has 7 heteroatoms. The Morgan fingerprint density at radius 2 is 1.93 bits per heavy atom. The van der Waals surface area contributed by atoms with Gasteiger partial charge in [-0.2, -0.15) is 0 Å². The molecule has 3 aromatic rings. The van der Waals surface area contributed by atoms with Gasteiger partial charge in [-0.05, 0) is 48.6 Å². The van der Waals surface area contributed by atoms with Gasteiger partial charge in [0.1, 0.15) is 0 Å². The summed E-state index contributed by atoms with van der Waals surface area (Å²) >= 11 is 0. The third-order valence-corrected chi connectivity index (χ3v) is 4.52.